The molecular formula is C13H11NO. The maximum Gasteiger partial charge on any atom is 0.165 e. The van der Waals surface area contributed by atoms with Crippen LogP contribution in [0.2, 0.25) is 0 Å². The third kappa shape index (κ3) is 1.30. The van der Waals surface area contributed by atoms with E-state index < -0.39 is 0 Å². The average Bonchev–Trinajstić information content (AvgIpc) is 2.83. The highest BCUT2D eigenvalue weighted by Crippen LogP contribution is 2.24. The summed E-state index contributed by atoms with van der Waals surface area (Å²) in [5, 5.41) is 0. The highest BCUT2D eigenvalue weighted by molar-refractivity contribution is 6.00. The smallest absolute Gasteiger partial charge is 0.165 e. The quantitative estimate of drug-likeness (QED) is 0.688. The molecule has 0 saturated carbocycles. The van der Waals surface area contributed by atoms with Gasteiger partial charge in [-0.1, -0.05) is 18.2 Å². The normalized spacial score (nSPS) is 14.3. The summed E-state index contributed by atoms with van der Waals surface area (Å²) in [5.41, 5.74) is 3.20. The number of Topliss-reactive ketones (excluding diaryl/α,β-unsaturated/α-hetero) is 1. The number of hydrogen-bond donors (Lipinski definition) is 0. The Morgan fingerprint density at radius 2 is 1.80 bits per heavy atom. The molecule has 0 N–H and O–H groups in total. The Morgan fingerprint density at radius 3 is 2.53 bits per heavy atom. The molecule has 0 atom stereocenters. The molecule has 0 bridgehead atoms. The Bertz CT molecular complexity index is 511. The van der Waals surface area contributed by atoms with Gasteiger partial charge in [0.15, 0.2) is 5.78 Å². The number of rotatable bonds is 1. The number of carbonyl (C=O) groups is 1. The maximum atomic E-state index is 11.5. The third-order valence-electron chi connectivity index (χ3n) is 2.89. The van der Waals surface area contributed by atoms with Crippen LogP contribution in [-0.2, 0) is 6.42 Å². The van der Waals surface area contributed by atoms with Crippen LogP contribution in [-0.4, -0.2) is 10.4 Å². The molecule has 74 valence electrons. The molecule has 1 aromatic heterocycles. The van der Waals surface area contributed by atoms with Crippen molar-refractivity contribution >= 4 is 5.78 Å². The molecular weight excluding hydrogens is 186 g/mol. The molecule has 0 amide bonds. The van der Waals surface area contributed by atoms with Crippen LogP contribution in [0.4, 0.5) is 0 Å². The molecule has 0 radical (unpaired) electrons. The van der Waals surface area contributed by atoms with Crippen molar-refractivity contribution in [3.05, 3.63) is 53.9 Å². The van der Waals surface area contributed by atoms with Gasteiger partial charge in [0.1, 0.15) is 0 Å². The lowest BCUT2D eigenvalue weighted by atomic mass is 10.2. The lowest BCUT2D eigenvalue weighted by molar-refractivity contribution is 0.0994. The molecule has 15 heavy (non-hydrogen) atoms. The Kier molecular flexibility index (Phi) is 1.75. The first-order chi connectivity index (χ1) is 7.34. The zero-order valence-corrected chi connectivity index (χ0v) is 8.31. The van der Waals surface area contributed by atoms with Gasteiger partial charge in [-0.3, -0.25) is 4.79 Å². The molecule has 0 aliphatic heterocycles. The molecule has 1 aliphatic carbocycles. The fourth-order valence-corrected chi connectivity index (χ4v) is 2.08. The van der Waals surface area contributed by atoms with Gasteiger partial charge in [0, 0.05) is 30.1 Å². The first-order valence-corrected chi connectivity index (χ1v) is 5.14. The summed E-state index contributed by atoms with van der Waals surface area (Å²) in [4.78, 5) is 11.5. The molecule has 2 aromatic rings. The second kappa shape index (κ2) is 3.09. The molecule has 2 heteroatoms. The minimum atomic E-state index is 0.277. The summed E-state index contributed by atoms with van der Waals surface area (Å²) in [6.45, 7) is 0. The van der Waals surface area contributed by atoms with E-state index in [4.69, 9.17) is 0 Å². The van der Waals surface area contributed by atoms with Gasteiger partial charge in [-0.25, -0.2) is 0 Å². The van der Waals surface area contributed by atoms with Crippen LogP contribution in [0.5, 0.6) is 0 Å². The van der Waals surface area contributed by atoms with Gasteiger partial charge in [0.05, 0.1) is 0 Å². The predicted octanol–water partition coefficient (Wildman–Crippen LogP) is 2.61. The van der Waals surface area contributed by atoms with E-state index in [0.717, 1.165) is 17.7 Å². The highest BCUT2D eigenvalue weighted by atomic mass is 16.1. The summed E-state index contributed by atoms with van der Waals surface area (Å²) in [7, 11) is 0. The maximum absolute atomic E-state index is 11.5. The minimum absolute atomic E-state index is 0.277. The fourth-order valence-electron chi connectivity index (χ4n) is 2.08. The number of nitrogens with zero attached hydrogens (tertiary/aromatic N) is 1. The summed E-state index contributed by atoms with van der Waals surface area (Å²) in [6.07, 6.45) is 5.59. The number of benzene rings is 1. The molecule has 1 aliphatic rings. The van der Waals surface area contributed by atoms with E-state index in [2.05, 4.69) is 6.20 Å². The summed E-state index contributed by atoms with van der Waals surface area (Å²) < 4.78 is 2.03. The number of para-hydroxylation sites is 1. The molecule has 0 saturated heterocycles. The van der Waals surface area contributed by atoms with Gasteiger partial charge in [0.2, 0.25) is 0 Å². The van der Waals surface area contributed by atoms with E-state index in [0.29, 0.717) is 6.42 Å². The molecule has 0 unspecified atom stereocenters. The Balaban J connectivity index is 2.09. The van der Waals surface area contributed by atoms with Crippen LogP contribution in [0.15, 0.2) is 42.7 Å². The van der Waals surface area contributed by atoms with Gasteiger partial charge in [0.25, 0.3) is 0 Å². The van der Waals surface area contributed by atoms with E-state index >= 15 is 0 Å². The number of ketones is 1. The van der Waals surface area contributed by atoms with Crippen LogP contribution in [0.25, 0.3) is 5.69 Å². The molecule has 3 rings (SSSR count). The first-order valence-electron chi connectivity index (χ1n) is 5.14. The Morgan fingerprint density at radius 1 is 1.00 bits per heavy atom. The predicted molar refractivity (Wildman–Crippen MR) is 58.4 cm³/mol. The summed E-state index contributed by atoms with van der Waals surface area (Å²) >= 11 is 0. The van der Waals surface area contributed by atoms with Crippen molar-refractivity contribution in [2.24, 2.45) is 0 Å². The fraction of sp³-hybridized carbons (Fsp3) is 0.154. The lowest BCUT2D eigenvalue weighted by Gasteiger charge is -2.01. The third-order valence-corrected chi connectivity index (χ3v) is 2.89. The van der Waals surface area contributed by atoms with Crippen molar-refractivity contribution in [2.75, 3.05) is 0 Å². The zero-order valence-electron chi connectivity index (χ0n) is 8.31. The molecule has 2 nitrogen and oxygen atoms in total. The first kappa shape index (κ1) is 8.48. The van der Waals surface area contributed by atoms with E-state index in [1.165, 1.54) is 5.56 Å². The van der Waals surface area contributed by atoms with Gasteiger partial charge in [-0.05, 0) is 24.1 Å². The minimum Gasteiger partial charge on any atom is -0.323 e. The summed E-state index contributed by atoms with van der Waals surface area (Å²) in [5.74, 6) is 0.277. The van der Waals surface area contributed by atoms with Gasteiger partial charge in [-0.15, -0.1) is 0 Å². The molecule has 1 heterocycles. The van der Waals surface area contributed by atoms with Crippen molar-refractivity contribution in [3.63, 3.8) is 0 Å². The van der Waals surface area contributed by atoms with Crippen molar-refractivity contribution in [2.45, 2.75) is 12.8 Å². The molecule has 1 aromatic carbocycles. The van der Waals surface area contributed by atoms with Crippen LogP contribution >= 0.6 is 0 Å². The topological polar surface area (TPSA) is 22.0 Å². The van der Waals surface area contributed by atoms with Crippen LogP contribution in [0, 0.1) is 0 Å². The van der Waals surface area contributed by atoms with E-state index in [1.807, 2.05) is 41.1 Å². The number of fused-ring (bicyclic) bond motifs is 1. The largest absolute Gasteiger partial charge is 0.323 e. The standard InChI is InChI=1S/C13H11NO/c15-13-7-6-10-8-14(9-12(10)13)11-4-2-1-3-5-11/h1-5,8-9H,6-7H2. The van der Waals surface area contributed by atoms with Crippen molar-refractivity contribution in [3.8, 4) is 5.69 Å². The van der Waals surface area contributed by atoms with E-state index in [9.17, 15) is 4.79 Å². The second-order valence-electron chi connectivity index (χ2n) is 3.86. The number of aryl methyl sites for hydroxylation is 1. The van der Waals surface area contributed by atoms with Crippen molar-refractivity contribution in [1.82, 2.24) is 4.57 Å². The van der Waals surface area contributed by atoms with Gasteiger partial charge < -0.3 is 4.57 Å². The number of carbonyl (C=O) groups excluding carboxylic acids is 1. The monoisotopic (exact) mass is 197 g/mol. The highest BCUT2D eigenvalue weighted by Gasteiger charge is 2.21. The van der Waals surface area contributed by atoms with Gasteiger partial charge in [-0.2, -0.15) is 0 Å². The number of aromatic nitrogens is 1. The lowest BCUT2D eigenvalue weighted by Crippen LogP contribution is -1.93. The Labute approximate surface area is 88.2 Å². The number of hydrogen-bond acceptors (Lipinski definition) is 1. The van der Waals surface area contributed by atoms with Crippen LogP contribution in [0.1, 0.15) is 22.3 Å². The van der Waals surface area contributed by atoms with E-state index in [1.54, 1.807) is 0 Å². The van der Waals surface area contributed by atoms with Crippen molar-refractivity contribution < 1.29 is 4.79 Å². The SMILES string of the molecule is O=C1CCc2cn(-c3ccccc3)cc21. The second-order valence-corrected chi connectivity index (χ2v) is 3.86. The molecule has 0 spiro atoms. The van der Waals surface area contributed by atoms with Crippen molar-refractivity contribution in [1.29, 1.82) is 0 Å². The zero-order chi connectivity index (χ0) is 10.3. The van der Waals surface area contributed by atoms with E-state index in [-0.39, 0.29) is 5.78 Å². The van der Waals surface area contributed by atoms with Crippen LogP contribution < -0.4 is 0 Å². The van der Waals surface area contributed by atoms with Crippen LogP contribution in [0.3, 0.4) is 0 Å². The average molecular weight is 197 g/mol. The summed E-state index contributed by atoms with van der Waals surface area (Å²) in [6, 6.07) is 10.1. The molecule has 0 fully saturated rings. The Hall–Kier alpha value is -1.83. The van der Waals surface area contributed by atoms with Gasteiger partial charge >= 0.3 is 0 Å².